The van der Waals surface area contributed by atoms with Gasteiger partial charge in [0.2, 0.25) is 0 Å². The van der Waals surface area contributed by atoms with E-state index in [2.05, 4.69) is 193 Å². The van der Waals surface area contributed by atoms with Crippen LogP contribution in [-0.2, 0) is 12.8 Å². The zero-order chi connectivity index (χ0) is 37.0. The minimum absolute atomic E-state index is 0.838. The quantitative estimate of drug-likeness (QED) is 0.176. The summed E-state index contributed by atoms with van der Waals surface area (Å²) >= 11 is 0. The second-order valence-corrected chi connectivity index (χ2v) is 14.9. The van der Waals surface area contributed by atoms with Crippen LogP contribution in [-0.4, -0.2) is 0 Å². The predicted molar refractivity (Wildman–Crippen MR) is 234 cm³/mol. The van der Waals surface area contributed by atoms with Gasteiger partial charge < -0.3 is 9.32 Å². The Morgan fingerprint density at radius 3 is 1.79 bits per heavy atom. The van der Waals surface area contributed by atoms with Gasteiger partial charge in [-0.3, -0.25) is 0 Å². The Labute approximate surface area is 326 Å². The van der Waals surface area contributed by atoms with Crippen molar-refractivity contribution >= 4 is 49.8 Å². The van der Waals surface area contributed by atoms with Crippen molar-refractivity contribution in [1.82, 2.24) is 0 Å². The molecular formula is C54H37NO. The van der Waals surface area contributed by atoms with E-state index in [1.54, 1.807) is 0 Å². The fraction of sp³-hybridized carbons (Fsp3) is 0.0370. The van der Waals surface area contributed by atoms with Gasteiger partial charge in [-0.25, -0.2) is 0 Å². The molecule has 0 spiro atoms. The third-order valence-corrected chi connectivity index (χ3v) is 11.5. The van der Waals surface area contributed by atoms with Gasteiger partial charge in [0.25, 0.3) is 0 Å². The Morgan fingerprint density at radius 2 is 0.929 bits per heavy atom. The van der Waals surface area contributed by atoms with Crippen LogP contribution in [0.1, 0.15) is 22.3 Å². The molecule has 0 fully saturated rings. The summed E-state index contributed by atoms with van der Waals surface area (Å²) in [5, 5.41) is 4.96. The van der Waals surface area contributed by atoms with E-state index in [0.29, 0.717) is 0 Å². The number of rotatable bonds is 5. The van der Waals surface area contributed by atoms with E-state index in [0.717, 1.165) is 63.0 Å². The first-order valence-electron chi connectivity index (χ1n) is 19.4. The third kappa shape index (κ3) is 5.58. The van der Waals surface area contributed by atoms with Crippen LogP contribution in [0.25, 0.3) is 66.1 Å². The highest BCUT2D eigenvalue weighted by molar-refractivity contribution is 6.06. The molecule has 2 nitrogen and oxygen atoms in total. The third-order valence-electron chi connectivity index (χ3n) is 11.5. The molecule has 56 heavy (non-hydrogen) atoms. The van der Waals surface area contributed by atoms with Crippen molar-refractivity contribution in [2.75, 3.05) is 4.90 Å². The van der Waals surface area contributed by atoms with Gasteiger partial charge in [0.05, 0.1) is 0 Å². The Kier molecular flexibility index (Phi) is 7.67. The second kappa shape index (κ2) is 13.3. The molecule has 0 saturated carbocycles. The number of nitrogens with zero attached hydrogens (tertiary/aromatic N) is 1. The summed E-state index contributed by atoms with van der Waals surface area (Å²) in [4.78, 5) is 2.41. The summed E-state index contributed by atoms with van der Waals surface area (Å²) < 4.78 is 6.32. The van der Waals surface area contributed by atoms with Crippen molar-refractivity contribution in [2.24, 2.45) is 0 Å². The van der Waals surface area contributed by atoms with Crippen molar-refractivity contribution in [3.05, 3.63) is 222 Å². The van der Waals surface area contributed by atoms with Crippen LogP contribution in [0.15, 0.2) is 205 Å². The summed E-state index contributed by atoms with van der Waals surface area (Å²) in [7, 11) is 0. The number of anilines is 3. The molecular weight excluding hydrogens is 679 g/mol. The van der Waals surface area contributed by atoms with Gasteiger partial charge in [-0.15, -0.1) is 0 Å². The predicted octanol–water partition coefficient (Wildman–Crippen LogP) is 14.7. The van der Waals surface area contributed by atoms with E-state index in [-0.39, 0.29) is 0 Å². The van der Waals surface area contributed by atoms with Crippen molar-refractivity contribution in [1.29, 1.82) is 0 Å². The van der Waals surface area contributed by atoms with Crippen molar-refractivity contribution < 1.29 is 4.42 Å². The van der Waals surface area contributed by atoms with Crippen LogP contribution in [0.3, 0.4) is 0 Å². The molecule has 0 N–H and O–H groups in total. The highest BCUT2D eigenvalue weighted by atomic mass is 16.3. The fourth-order valence-corrected chi connectivity index (χ4v) is 8.88. The van der Waals surface area contributed by atoms with Gasteiger partial charge in [-0.2, -0.15) is 0 Å². The van der Waals surface area contributed by atoms with E-state index < -0.39 is 0 Å². The SMILES string of the molecule is c1ccc(-c2ccc(N(c3cccc(-c4ccc5c(c4)oc4ccccc45)c3)c3ccc4c(c3)Cc3cccc5cccc(c35)Cc3ccccc3-4)cc2)cc1. The van der Waals surface area contributed by atoms with Gasteiger partial charge in [0.15, 0.2) is 0 Å². The molecule has 2 heteroatoms. The van der Waals surface area contributed by atoms with E-state index >= 15 is 0 Å². The largest absolute Gasteiger partial charge is 0.456 e. The standard InChI is InChI=1S/C54H37NO/c1-2-11-36(12-3-1)37-23-26-45(27-24-37)55(46-19-10-16-39(33-46)40-25-29-51-50-21-6-7-22-52(50)56-53(51)35-40)47-28-30-49-44(34-47)32-43-18-9-15-38-14-8-17-42(54(38)43)31-41-13-4-5-20-48(41)49/h1-30,33-35H,31-32H2. The van der Waals surface area contributed by atoms with Crippen LogP contribution >= 0.6 is 0 Å². The molecule has 11 rings (SSSR count). The summed E-state index contributed by atoms with van der Waals surface area (Å²) in [6.07, 6.45) is 1.74. The van der Waals surface area contributed by atoms with Gasteiger partial charge in [0.1, 0.15) is 11.2 Å². The average Bonchev–Trinajstić information content (AvgIpc) is 3.65. The summed E-state index contributed by atoms with van der Waals surface area (Å²) in [6, 6.07) is 72.9. The summed E-state index contributed by atoms with van der Waals surface area (Å²) in [5.74, 6) is 0. The van der Waals surface area contributed by atoms with Crippen molar-refractivity contribution in [3.63, 3.8) is 0 Å². The minimum Gasteiger partial charge on any atom is -0.456 e. The highest BCUT2D eigenvalue weighted by Crippen LogP contribution is 2.42. The van der Waals surface area contributed by atoms with Gasteiger partial charge in [-0.1, -0.05) is 146 Å². The maximum atomic E-state index is 6.32. The summed E-state index contributed by atoms with van der Waals surface area (Å²) in [5.41, 5.74) is 17.8. The van der Waals surface area contributed by atoms with E-state index in [1.165, 1.54) is 55.3 Å². The highest BCUT2D eigenvalue weighted by Gasteiger charge is 2.21. The molecule has 1 aromatic heterocycles. The number of furan rings is 1. The van der Waals surface area contributed by atoms with E-state index in [9.17, 15) is 0 Å². The van der Waals surface area contributed by atoms with Crippen molar-refractivity contribution in [2.45, 2.75) is 12.8 Å². The lowest BCUT2D eigenvalue weighted by Crippen LogP contribution is -2.11. The molecule has 0 radical (unpaired) electrons. The van der Waals surface area contributed by atoms with Crippen LogP contribution in [0.5, 0.6) is 0 Å². The monoisotopic (exact) mass is 715 g/mol. The molecule has 0 unspecified atom stereocenters. The van der Waals surface area contributed by atoms with E-state index in [1.807, 2.05) is 12.1 Å². The fourth-order valence-electron chi connectivity index (χ4n) is 8.88. The summed E-state index contributed by atoms with van der Waals surface area (Å²) in [6.45, 7) is 0. The molecule has 1 aliphatic rings. The number of hydrogen-bond acceptors (Lipinski definition) is 2. The Balaban J connectivity index is 1.08. The normalized spacial score (nSPS) is 12.1. The first-order chi connectivity index (χ1) is 27.7. The topological polar surface area (TPSA) is 16.4 Å². The molecule has 264 valence electrons. The maximum Gasteiger partial charge on any atom is 0.136 e. The molecule has 1 aliphatic carbocycles. The molecule has 1 heterocycles. The molecule has 0 amide bonds. The first kappa shape index (κ1) is 32.3. The van der Waals surface area contributed by atoms with Crippen LogP contribution in [0.2, 0.25) is 0 Å². The number of fused-ring (bicyclic) bond motifs is 6. The Bertz CT molecular complexity index is 3080. The van der Waals surface area contributed by atoms with Crippen LogP contribution in [0.4, 0.5) is 17.1 Å². The smallest absolute Gasteiger partial charge is 0.136 e. The maximum absolute atomic E-state index is 6.32. The molecule has 10 aromatic rings. The molecule has 0 saturated heterocycles. The number of hydrogen-bond donors (Lipinski definition) is 0. The number of para-hydroxylation sites is 1. The zero-order valence-electron chi connectivity index (χ0n) is 30.8. The lowest BCUT2D eigenvalue weighted by Gasteiger charge is -2.27. The first-order valence-corrected chi connectivity index (χ1v) is 19.4. The zero-order valence-corrected chi connectivity index (χ0v) is 30.8. The second-order valence-electron chi connectivity index (χ2n) is 14.9. The van der Waals surface area contributed by atoms with Gasteiger partial charge in [0, 0.05) is 27.8 Å². The molecule has 9 aromatic carbocycles. The molecule has 0 atom stereocenters. The van der Waals surface area contributed by atoms with Gasteiger partial charge >= 0.3 is 0 Å². The Morgan fingerprint density at radius 1 is 0.339 bits per heavy atom. The average molecular weight is 716 g/mol. The lowest BCUT2D eigenvalue weighted by molar-refractivity contribution is 0.669. The lowest BCUT2D eigenvalue weighted by atomic mass is 9.91. The Hall–Kier alpha value is -7.16. The molecule has 0 aliphatic heterocycles. The van der Waals surface area contributed by atoms with E-state index in [4.69, 9.17) is 4.42 Å². The van der Waals surface area contributed by atoms with Crippen LogP contribution < -0.4 is 4.90 Å². The van der Waals surface area contributed by atoms with Crippen LogP contribution in [0, 0.1) is 0 Å². The number of benzene rings is 9. The molecule has 0 bridgehead atoms. The minimum atomic E-state index is 0.838. The van der Waals surface area contributed by atoms with Crippen molar-refractivity contribution in [3.8, 4) is 33.4 Å². The van der Waals surface area contributed by atoms with Gasteiger partial charge in [-0.05, 0) is 134 Å².